The van der Waals surface area contributed by atoms with Gasteiger partial charge in [-0.3, -0.25) is 14.5 Å². The fourth-order valence-electron chi connectivity index (χ4n) is 6.83. The third-order valence-electron chi connectivity index (χ3n) is 9.52. The molecule has 4 atom stereocenters. The Kier molecular flexibility index (Phi) is 12.4. The van der Waals surface area contributed by atoms with Gasteiger partial charge in [0.1, 0.15) is 0 Å². The van der Waals surface area contributed by atoms with Gasteiger partial charge in [0.05, 0.1) is 18.8 Å². The summed E-state index contributed by atoms with van der Waals surface area (Å²) in [5.41, 5.74) is 5.88. The van der Waals surface area contributed by atoms with Gasteiger partial charge in [-0.2, -0.15) is 0 Å². The number of aliphatic carboxylic acids is 1. The molecule has 1 aliphatic heterocycles. The van der Waals surface area contributed by atoms with Crippen molar-refractivity contribution in [1.29, 1.82) is 0 Å². The fraction of sp³-hybridized carbons (Fsp3) is 0.436. The zero-order valence-corrected chi connectivity index (χ0v) is 27.4. The topological polar surface area (TPSA) is 108 Å². The first-order valence-corrected chi connectivity index (χ1v) is 16.9. The molecule has 0 aromatic heterocycles. The summed E-state index contributed by atoms with van der Waals surface area (Å²) < 4.78 is 13.5. The van der Waals surface area contributed by atoms with Gasteiger partial charge < -0.3 is 25.0 Å². The molecule has 0 radical (unpaired) electrons. The van der Waals surface area contributed by atoms with Gasteiger partial charge in [-0.25, -0.2) is 0 Å². The number of nitrogens with one attached hydrogen (secondary N) is 1. The van der Waals surface area contributed by atoms with Crippen LogP contribution in [0.2, 0.25) is 0 Å². The minimum Gasteiger partial charge on any atom is -0.481 e. The Balaban J connectivity index is 1.34. The number of nitrogens with zero attached hydrogens (tertiary/aromatic N) is 1. The molecule has 0 spiro atoms. The van der Waals surface area contributed by atoms with E-state index in [0.29, 0.717) is 19.0 Å². The number of carbonyl (C=O) groups is 2. The average Bonchev–Trinajstić information content (AvgIpc) is 3.63. The first-order chi connectivity index (χ1) is 22.9. The molecule has 2 fully saturated rings. The molecule has 8 nitrogen and oxygen atoms in total. The first-order valence-electron chi connectivity index (χ1n) is 16.9. The van der Waals surface area contributed by atoms with E-state index < -0.39 is 12.3 Å². The van der Waals surface area contributed by atoms with E-state index in [2.05, 4.69) is 60.1 Å². The van der Waals surface area contributed by atoms with E-state index in [1.54, 1.807) is 0 Å². The second-order valence-electron chi connectivity index (χ2n) is 12.8. The molecule has 47 heavy (non-hydrogen) atoms. The van der Waals surface area contributed by atoms with Crippen molar-refractivity contribution in [2.24, 2.45) is 5.92 Å². The highest BCUT2D eigenvalue weighted by Crippen LogP contribution is 2.42. The summed E-state index contributed by atoms with van der Waals surface area (Å²) >= 11 is 0. The summed E-state index contributed by atoms with van der Waals surface area (Å²) in [5, 5.41) is 21.4. The molecule has 0 unspecified atom stereocenters. The van der Waals surface area contributed by atoms with Crippen LogP contribution in [0.5, 0.6) is 0 Å². The van der Waals surface area contributed by atoms with Gasteiger partial charge in [0.15, 0.2) is 6.29 Å². The van der Waals surface area contributed by atoms with Gasteiger partial charge in [-0.05, 0) is 47.1 Å². The van der Waals surface area contributed by atoms with Gasteiger partial charge in [0.2, 0.25) is 5.91 Å². The quantitative estimate of drug-likeness (QED) is 0.155. The number of aliphatic hydroxyl groups is 1. The summed E-state index contributed by atoms with van der Waals surface area (Å²) in [7, 11) is 0. The SMILES string of the molecule is C=CCN(C[C@@H]1O[C@H](c2ccc(-c3ccccc3CNC(=O)CCCC(=O)O)cc2)O[C@H](c2ccc(CO)cc2)[C@@H]1C)C1CCCC1. The zero-order valence-electron chi connectivity index (χ0n) is 27.4. The van der Waals surface area contributed by atoms with Crippen LogP contribution in [-0.2, 0) is 32.2 Å². The highest BCUT2D eigenvalue weighted by Gasteiger charge is 2.40. The molecule has 1 saturated carbocycles. The molecule has 3 N–H and O–H groups in total. The predicted octanol–water partition coefficient (Wildman–Crippen LogP) is 6.94. The number of carbonyl (C=O) groups excluding carboxylic acids is 1. The molecular weight excluding hydrogens is 592 g/mol. The van der Waals surface area contributed by atoms with Crippen LogP contribution in [-0.4, -0.2) is 52.2 Å². The molecule has 8 heteroatoms. The predicted molar refractivity (Wildman–Crippen MR) is 182 cm³/mol. The molecule has 1 amide bonds. The highest BCUT2D eigenvalue weighted by molar-refractivity contribution is 5.77. The van der Waals surface area contributed by atoms with Crippen molar-refractivity contribution in [2.75, 3.05) is 13.1 Å². The maximum absolute atomic E-state index is 12.3. The number of rotatable bonds is 15. The Bertz CT molecular complexity index is 1470. The molecular formula is C39H48N2O6. The molecule has 1 aliphatic carbocycles. The van der Waals surface area contributed by atoms with Crippen molar-refractivity contribution >= 4 is 11.9 Å². The number of aliphatic hydroxyl groups excluding tert-OH is 1. The second kappa shape index (κ2) is 16.8. The van der Waals surface area contributed by atoms with Crippen molar-refractivity contribution in [3.63, 3.8) is 0 Å². The Morgan fingerprint density at radius 3 is 2.34 bits per heavy atom. The molecule has 2 aliphatic rings. The molecule has 5 rings (SSSR count). The van der Waals surface area contributed by atoms with Crippen LogP contribution >= 0.6 is 0 Å². The van der Waals surface area contributed by atoms with E-state index in [1.165, 1.54) is 25.7 Å². The summed E-state index contributed by atoms with van der Waals surface area (Å²) in [5.74, 6) is -0.955. The van der Waals surface area contributed by atoms with E-state index in [0.717, 1.165) is 46.5 Å². The Morgan fingerprint density at radius 2 is 1.66 bits per heavy atom. The van der Waals surface area contributed by atoms with E-state index in [9.17, 15) is 14.7 Å². The van der Waals surface area contributed by atoms with Gasteiger partial charge >= 0.3 is 5.97 Å². The number of carboxylic acids is 1. The zero-order chi connectivity index (χ0) is 33.2. The van der Waals surface area contributed by atoms with Crippen molar-refractivity contribution in [1.82, 2.24) is 10.2 Å². The standard InChI is InChI=1S/C39H48N2O6/c1-3-23-41(33-10-5-6-11-33)25-35-27(2)38(30-17-15-28(26-42)16-18-30)47-39(46-35)31-21-19-29(20-22-31)34-12-7-4-9-32(34)24-40-36(43)13-8-14-37(44)45/h3-4,7,9,12,15-22,27,33,35,38-39,42H,1,5-6,8,10-11,13-14,23-26H2,2H3,(H,40,43)(H,44,45)/t27-,35+,38+,39+/m1/s1. The number of hydrogen-bond donors (Lipinski definition) is 3. The summed E-state index contributed by atoms with van der Waals surface area (Å²) in [4.78, 5) is 25.6. The van der Waals surface area contributed by atoms with Crippen LogP contribution in [0.1, 0.15) is 86.5 Å². The lowest BCUT2D eigenvalue weighted by Crippen LogP contribution is -2.47. The molecule has 1 saturated heterocycles. The molecule has 250 valence electrons. The lowest BCUT2D eigenvalue weighted by Gasteiger charge is -2.43. The normalized spacial score (nSPS) is 21.5. The highest BCUT2D eigenvalue weighted by atomic mass is 16.7. The van der Waals surface area contributed by atoms with Crippen molar-refractivity contribution in [2.45, 2.75) is 89.6 Å². The third kappa shape index (κ3) is 9.17. The summed E-state index contributed by atoms with van der Waals surface area (Å²) in [6.45, 7) is 8.23. The Morgan fingerprint density at radius 1 is 0.957 bits per heavy atom. The van der Waals surface area contributed by atoms with Crippen LogP contribution in [0.15, 0.2) is 85.5 Å². The number of amides is 1. The van der Waals surface area contributed by atoms with Crippen molar-refractivity contribution < 1.29 is 29.3 Å². The van der Waals surface area contributed by atoms with Crippen molar-refractivity contribution in [3.8, 4) is 11.1 Å². The van der Waals surface area contributed by atoms with Gasteiger partial charge in [-0.1, -0.05) is 98.6 Å². The maximum Gasteiger partial charge on any atom is 0.303 e. The summed E-state index contributed by atoms with van der Waals surface area (Å²) in [6, 6.07) is 24.8. The van der Waals surface area contributed by atoms with Crippen molar-refractivity contribution in [3.05, 3.63) is 108 Å². The molecule has 1 heterocycles. The lowest BCUT2D eigenvalue weighted by atomic mass is 9.89. The average molecular weight is 641 g/mol. The van der Waals surface area contributed by atoms with Crippen LogP contribution in [0.4, 0.5) is 0 Å². The molecule has 3 aromatic carbocycles. The minimum absolute atomic E-state index is 0.00224. The van der Waals surface area contributed by atoms with E-state index in [1.807, 2.05) is 42.5 Å². The fourth-order valence-corrected chi connectivity index (χ4v) is 6.83. The van der Waals surface area contributed by atoms with Crippen LogP contribution in [0, 0.1) is 5.92 Å². The second-order valence-corrected chi connectivity index (χ2v) is 12.8. The molecule has 0 bridgehead atoms. The molecule has 3 aromatic rings. The van der Waals surface area contributed by atoms with Gasteiger partial charge in [0, 0.05) is 50.0 Å². The van der Waals surface area contributed by atoms with E-state index in [-0.39, 0.29) is 43.5 Å². The maximum atomic E-state index is 12.3. The van der Waals surface area contributed by atoms with E-state index >= 15 is 0 Å². The monoisotopic (exact) mass is 640 g/mol. The number of hydrogen-bond acceptors (Lipinski definition) is 6. The third-order valence-corrected chi connectivity index (χ3v) is 9.52. The van der Waals surface area contributed by atoms with Gasteiger partial charge in [0.25, 0.3) is 0 Å². The Hall–Kier alpha value is -3.82. The number of ether oxygens (including phenoxy) is 2. The van der Waals surface area contributed by atoms with Crippen LogP contribution in [0.3, 0.4) is 0 Å². The summed E-state index contributed by atoms with van der Waals surface area (Å²) in [6.07, 6.45) is 6.62. The van der Waals surface area contributed by atoms with E-state index in [4.69, 9.17) is 14.6 Å². The van der Waals surface area contributed by atoms with Crippen LogP contribution in [0.25, 0.3) is 11.1 Å². The largest absolute Gasteiger partial charge is 0.481 e. The number of benzene rings is 3. The number of carboxylic acid groups (broad SMARTS) is 1. The van der Waals surface area contributed by atoms with Crippen LogP contribution < -0.4 is 5.32 Å². The first kappa shape index (κ1) is 34.5. The lowest BCUT2D eigenvalue weighted by molar-refractivity contribution is -0.276. The van der Waals surface area contributed by atoms with Gasteiger partial charge in [-0.15, -0.1) is 6.58 Å². The smallest absolute Gasteiger partial charge is 0.303 e. The minimum atomic E-state index is -0.897. The Labute approximate surface area is 278 Å².